The van der Waals surface area contributed by atoms with Gasteiger partial charge in [-0.2, -0.15) is 0 Å². The fraction of sp³-hybridized carbons (Fsp3) is 0.300. The molecule has 1 aliphatic heterocycles. The molecule has 10 heteroatoms. The molecule has 3 aromatic carbocycles. The average Bonchev–Trinajstić information content (AvgIpc) is 3.32. The number of likely N-dealkylation sites (tertiary alicyclic amines) is 1. The van der Waals surface area contributed by atoms with E-state index in [9.17, 15) is 23.9 Å². The molecule has 0 aliphatic carbocycles. The summed E-state index contributed by atoms with van der Waals surface area (Å²) in [5.74, 6) is 0.0359. The Morgan fingerprint density at radius 2 is 1.57 bits per heavy atom. The summed E-state index contributed by atoms with van der Waals surface area (Å²) in [7, 11) is 0. The Morgan fingerprint density at radius 3 is 2.15 bits per heavy atom. The SMILES string of the molecule is CC(C)(C)[C@]1(C(=O)Nc2ccc(Oc3ccc(F)cc3)cc2)C[C@@H](NC(=O)OCc2ccccc2)CN1C(=O)O. The molecule has 1 aliphatic rings. The van der Waals surface area contributed by atoms with Gasteiger partial charge >= 0.3 is 12.2 Å². The van der Waals surface area contributed by atoms with Crippen molar-refractivity contribution in [2.45, 2.75) is 45.4 Å². The number of anilines is 1. The van der Waals surface area contributed by atoms with Gasteiger partial charge in [0.1, 0.15) is 29.5 Å². The minimum atomic E-state index is -1.49. The van der Waals surface area contributed by atoms with Crippen molar-refractivity contribution < 1.29 is 33.4 Å². The molecule has 0 unspecified atom stereocenters. The highest BCUT2D eigenvalue weighted by Gasteiger charge is 2.60. The van der Waals surface area contributed by atoms with Gasteiger partial charge < -0.3 is 25.2 Å². The van der Waals surface area contributed by atoms with Gasteiger partial charge in [-0.25, -0.2) is 14.0 Å². The quantitative estimate of drug-likeness (QED) is 0.332. The molecule has 40 heavy (non-hydrogen) atoms. The van der Waals surface area contributed by atoms with Gasteiger partial charge in [0.15, 0.2) is 0 Å². The van der Waals surface area contributed by atoms with Crippen LogP contribution in [-0.4, -0.2) is 46.2 Å². The zero-order chi connectivity index (χ0) is 28.9. The van der Waals surface area contributed by atoms with E-state index in [0.29, 0.717) is 17.2 Å². The molecule has 0 radical (unpaired) electrons. The Morgan fingerprint density at radius 1 is 0.975 bits per heavy atom. The van der Waals surface area contributed by atoms with Crippen LogP contribution < -0.4 is 15.4 Å². The lowest BCUT2D eigenvalue weighted by atomic mass is 9.70. The molecule has 0 bridgehead atoms. The van der Waals surface area contributed by atoms with E-state index in [2.05, 4.69) is 10.6 Å². The fourth-order valence-corrected chi connectivity index (χ4v) is 4.92. The van der Waals surface area contributed by atoms with Gasteiger partial charge in [-0.1, -0.05) is 51.1 Å². The first-order valence-corrected chi connectivity index (χ1v) is 12.8. The normalized spacial score (nSPS) is 18.6. The second-order valence-electron chi connectivity index (χ2n) is 10.6. The molecule has 3 aromatic rings. The number of alkyl carbamates (subject to hydrolysis) is 1. The van der Waals surface area contributed by atoms with Crippen molar-refractivity contribution in [3.63, 3.8) is 0 Å². The predicted octanol–water partition coefficient (Wildman–Crippen LogP) is 6.02. The predicted molar refractivity (Wildman–Crippen MR) is 147 cm³/mol. The monoisotopic (exact) mass is 549 g/mol. The van der Waals surface area contributed by atoms with Gasteiger partial charge in [0, 0.05) is 18.7 Å². The van der Waals surface area contributed by atoms with Crippen LogP contribution >= 0.6 is 0 Å². The second-order valence-corrected chi connectivity index (χ2v) is 10.6. The highest BCUT2D eigenvalue weighted by molar-refractivity contribution is 6.01. The van der Waals surface area contributed by atoms with Crippen LogP contribution in [0.2, 0.25) is 0 Å². The molecule has 1 fully saturated rings. The largest absolute Gasteiger partial charge is 0.465 e. The van der Waals surface area contributed by atoms with Crippen molar-refractivity contribution in [1.82, 2.24) is 10.2 Å². The number of amides is 3. The Hall–Kier alpha value is -4.60. The van der Waals surface area contributed by atoms with Crippen LogP contribution in [-0.2, 0) is 16.1 Å². The molecule has 1 heterocycles. The Kier molecular flexibility index (Phi) is 8.27. The number of nitrogens with one attached hydrogen (secondary N) is 2. The molecule has 4 rings (SSSR count). The number of ether oxygens (including phenoxy) is 2. The summed E-state index contributed by atoms with van der Waals surface area (Å²) in [6.45, 7) is 5.35. The smallest absolute Gasteiger partial charge is 0.408 e. The molecule has 2 atom stereocenters. The van der Waals surface area contributed by atoms with E-state index in [-0.39, 0.29) is 25.4 Å². The van der Waals surface area contributed by atoms with Gasteiger partial charge in [-0.3, -0.25) is 9.69 Å². The molecule has 3 amide bonds. The maximum Gasteiger partial charge on any atom is 0.408 e. The molecule has 1 saturated heterocycles. The van der Waals surface area contributed by atoms with Gasteiger partial charge in [0.2, 0.25) is 0 Å². The molecular formula is C30H32FN3O6. The van der Waals surface area contributed by atoms with Gasteiger partial charge in [0.05, 0.1) is 6.04 Å². The van der Waals surface area contributed by atoms with Crippen LogP contribution in [0.3, 0.4) is 0 Å². The zero-order valence-corrected chi connectivity index (χ0v) is 22.5. The van der Waals surface area contributed by atoms with Crippen molar-refractivity contribution >= 4 is 23.8 Å². The molecule has 210 valence electrons. The third-order valence-corrected chi connectivity index (χ3v) is 6.95. The van der Waals surface area contributed by atoms with Crippen LogP contribution in [0, 0.1) is 11.2 Å². The number of benzene rings is 3. The third kappa shape index (κ3) is 6.33. The van der Waals surface area contributed by atoms with Crippen molar-refractivity contribution in [3.05, 3.63) is 90.2 Å². The number of carbonyl (C=O) groups is 3. The van der Waals surface area contributed by atoms with Crippen molar-refractivity contribution in [2.24, 2.45) is 5.41 Å². The highest BCUT2D eigenvalue weighted by atomic mass is 19.1. The summed E-state index contributed by atoms with van der Waals surface area (Å²) in [4.78, 5) is 39.8. The number of nitrogens with zero attached hydrogens (tertiary/aromatic N) is 1. The summed E-state index contributed by atoms with van der Waals surface area (Å²) >= 11 is 0. The number of halogens is 1. The summed E-state index contributed by atoms with van der Waals surface area (Å²) in [5.41, 5.74) is -1.07. The van der Waals surface area contributed by atoms with Crippen LogP contribution in [0.1, 0.15) is 32.8 Å². The lowest BCUT2D eigenvalue weighted by Crippen LogP contribution is -2.62. The van der Waals surface area contributed by atoms with Crippen LogP contribution in [0.25, 0.3) is 0 Å². The highest BCUT2D eigenvalue weighted by Crippen LogP contribution is 2.45. The van der Waals surface area contributed by atoms with Crippen LogP contribution in [0.15, 0.2) is 78.9 Å². The molecular weight excluding hydrogens is 517 g/mol. The summed E-state index contributed by atoms with van der Waals surface area (Å²) in [6, 6.07) is 20.6. The van der Waals surface area contributed by atoms with E-state index in [0.717, 1.165) is 10.5 Å². The van der Waals surface area contributed by atoms with Gasteiger partial charge in [-0.05, 0) is 59.5 Å². The lowest BCUT2D eigenvalue weighted by molar-refractivity contribution is -0.131. The van der Waals surface area contributed by atoms with Crippen molar-refractivity contribution in [1.29, 1.82) is 0 Å². The van der Waals surface area contributed by atoms with E-state index < -0.39 is 35.1 Å². The maximum atomic E-state index is 13.8. The van der Waals surface area contributed by atoms with Gasteiger partial charge in [-0.15, -0.1) is 0 Å². The molecule has 9 nitrogen and oxygen atoms in total. The molecule has 0 aromatic heterocycles. The summed E-state index contributed by atoms with van der Waals surface area (Å²) in [5, 5.41) is 15.7. The fourth-order valence-electron chi connectivity index (χ4n) is 4.92. The zero-order valence-electron chi connectivity index (χ0n) is 22.5. The minimum Gasteiger partial charge on any atom is -0.465 e. The second kappa shape index (κ2) is 11.6. The number of rotatable bonds is 7. The number of hydrogen-bond acceptors (Lipinski definition) is 5. The van der Waals surface area contributed by atoms with Gasteiger partial charge in [0.25, 0.3) is 5.91 Å². The summed E-state index contributed by atoms with van der Waals surface area (Å²) in [6.07, 6.45) is -1.91. The molecule has 0 spiro atoms. The first-order chi connectivity index (χ1) is 19.0. The Bertz CT molecular complexity index is 1340. The van der Waals surface area contributed by atoms with Crippen molar-refractivity contribution in [2.75, 3.05) is 11.9 Å². The van der Waals surface area contributed by atoms with Crippen LogP contribution in [0.5, 0.6) is 11.5 Å². The Balaban J connectivity index is 1.47. The number of carbonyl (C=O) groups excluding carboxylic acids is 2. The van der Waals surface area contributed by atoms with Crippen molar-refractivity contribution in [3.8, 4) is 11.5 Å². The first-order valence-electron chi connectivity index (χ1n) is 12.8. The minimum absolute atomic E-state index is 0.0564. The van der Waals surface area contributed by atoms with E-state index >= 15 is 0 Å². The van der Waals surface area contributed by atoms with E-state index in [1.807, 2.05) is 30.3 Å². The standard InChI is InChI=1S/C30H32FN3O6/c1-29(2,3)30(26(35)32-22-11-15-25(16-12-22)40-24-13-9-21(31)10-14-24)17-23(18-34(30)28(37)38)33-27(36)39-19-20-7-5-4-6-8-20/h4-16,23H,17-19H2,1-3H3,(H,32,35)(H,33,36)(H,37,38)/t23-,30-/m1/s1. The lowest BCUT2D eigenvalue weighted by Gasteiger charge is -2.45. The molecule has 3 N–H and O–H groups in total. The molecule has 0 saturated carbocycles. The number of hydrogen-bond donors (Lipinski definition) is 3. The van der Waals surface area contributed by atoms with Crippen LogP contribution in [0.4, 0.5) is 19.7 Å². The Labute approximate surface area is 231 Å². The first kappa shape index (κ1) is 28.4. The third-order valence-electron chi connectivity index (χ3n) is 6.95. The van der Waals surface area contributed by atoms with E-state index in [4.69, 9.17) is 9.47 Å². The maximum absolute atomic E-state index is 13.8. The summed E-state index contributed by atoms with van der Waals surface area (Å²) < 4.78 is 24.1. The van der Waals surface area contributed by atoms with E-state index in [1.54, 1.807) is 45.0 Å². The average molecular weight is 550 g/mol. The number of carboxylic acid groups (broad SMARTS) is 1. The van der Waals surface area contributed by atoms with E-state index in [1.165, 1.54) is 24.3 Å². The topological polar surface area (TPSA) is 117 Å².